The molecule has 1 aromatic carbocycles. The third-order valence-electron chi connectivity index (χ3n) is 2.08. The van der Waals surface area contributed by atoms with Crippen molar-refractivity contribution >= 4 is 18.9 Å². The summed E-state index contributed by atoms with van der Waals surface area (Å²) in [5.74, 6) is 0. The van der Waals surface area contributed by atoms with Gasteiger partial charge in [0.25, 0.3) is 0 Å². The summed E-state index contributed by atoms with van der Waals surface area (Å²) < 4.78 is 0. The van der Waals surface area contributed by atoms with E-state index in [0.29, 0.717) is 12.8 Å². The summed E-state index contributed by atoms with van der Waals surface area (Å²) in [6.45, 7) is 1.78. The summed E-state index contributed by atoms with van der Waals surface area (Å²) in [6, 6.07) is 9.48. The molecule has 0 aliphatic carbocycles. The number of hydrogen-bond acceptors (Lipinski definition) is 2. The van der Waals surface area contributed by atoms with Gasteiger partial charge in [0, 0.05) is 0 Å². The van der Waals surface area contributed by atoms with Gasteiger partial charge in [0.05, 0.1) is 6.04 Å². The first-order valence-electron chi connectivity index (χ1n) is 4.69. The van der Waals surface area contributed by atoms with Crippen molar-refractivity contribution in [1.29, 1.82) is 0 Å². The molecular formula is C12H13NO2. The van der Waals surface area contributed by atoms with Crippen LogP contribution in [0.1, 0.15) is 12.5 Å². The third-order valence-corrected chi connectivity index (χ3v) is 2.08. The maximum absolute atomic E-state index is 10.4. The van der Waals surface area contributed by atoms with Gasteiger partial charge in [-0.1, -0.05) is 42.5 Å². The van der Waals surface area contributed by atoms with Gasteiger partial charge in [-0.2, -0.15) is 0 Å². The van der Waals surface area contributed by atoms with Crippen LogP contribution in [0.3, 0.4) is 0 Å². The van der Waals surface area contributed by atoms with E-state index in [4.69, 9.17) is 0 Å². The summed E-state index contributed by atoms with van der Waals surface area (Å²) in [5, 5.41) is 0. The molecule has 15 heavy (non-hydrogen) atoms. The number of carbonyl (C=O) groups is 2. The fourth-order valence-electron chi connectivity index (χ4n) is 1.13. The fraction of sp³-hybridized carbons (Fsp3) is 0.167. The van der Waals surface area contributed by atoms with E-state index in [9.17, 15) is 9.59 Å². The van der Waals surface area contributed by atoms with Crippen molar-refractivity contribution < 1.29 is 9.59 Å². The fourth-order valence-corrected chi connectivity index (χ4v) is 1.13. The van der Waals surface area contributed by atoms with Crippen LogP contribution in [0.15, 0.2) is 36.4 Å². The van der Waals surface area contributed by atoms with Gasteiger partial charge in [-0.05, 0) is 12.5 Å². The van der Waals surface area contributed by atoms with Crippen LogP contribution in [0, 0.1) is 0 Å². The molecule has 0 radical (unpaired) electrons. The van der Waals surface area contributed by atoms with Crippen molar-refractivity contribution in [3.05, 3.63) is 42.0 Å². The molecule has 0 saturated heterocycles. The molecule has 3 nitrogen and oxygen atoms in total. The summed E-state index contributed by atoms with van der Waals surface area (Å²) in [6.07, 6.45) is 4.72. The third kappa shape index (κ3) is 3.38. The summed E-state index contributed by atoms with van der Waals surface area (Å²) in [4.78, 5) is 22.0. The highest BCUT2D eigenvalue weighted by atomic mass is 16.2. The lowest BCUT2D eigenvalue weighted by atomic mass is 10.2. The molecule has 0 aliphatic rings. The first-order valence-corrected chi connectivity index (χ1v) is 4.69. The molecule has 0 fully saturated rings. The molecule has 2 amide bonds. The Balaban J connectivity index is 2.65. The Morgan fingerprint density at radius 1 is 1.13 bits per heavy atom. The number of benzene rings is 1. The smallest absolute Gasteiger partial charge is 0.216 e. The van der Waals surface area contributed by atoms with Crippen LogP contribution in [0.5, 0.6) is 0 Å². The molecule has 0 N–H and O–H groups in total. The molecule has 78 valence electrons. The second-order valence-corrected chi connectivity index (χ2v) is 3.17. The molecule has 1 rings (SSSR count). The zero-order valence-electron chi connectivity index (χ0n) is 8.54. The Bertz CT molecular complexity index is 338. The zero-order chi connectivity index (χ0) is 11.1. The lowest BCUT2D eigenvalue weighted by Gasteiger charge is -2.13. The minimum absolute atomic E-state index is 0.222. The Morgan fingerprint density at radius 3 is 2.27 bits per heavy atom. The van der Waals surface area contributed by atoms with Crippen LogP contribution < -0.4 is 0 Å². The average Bonchev–Trinajstić information content (AvgIpc) is 2.29. The Morgan fingerprint density at radius 2 is 1.73 bits per heavy atom. The van der Waals surface area contributed by atoms with Gasteiger partial charge in [0.2, 0.25) is 12.8 Å². The minimum Gasteiger partial charge on any atom is -0.281 e. The lowest BCUT2D eigenvalue weighted by molar-refractivity contribution is -0.130. The van der Waals surface area contributed by atoms with Crippen LogP contribution >= 0.6 is 0 Å². The van der Waals surface area contributed by atoms with Crippen molar-refractivity contribution in [2.75, 3.05) is 0 Å². The largest absolute Gasteiger partial charge is 0.281 e. The monoisotopic (exact) mass is 203 g/mol. The topological polar surface area (TPSA) is 37.4 Å². The van der Waals surface area contributed by atoms with Gasteiger partial charge >= 0.3 is 0 Å². The van der Waals surface area contributed by atoms with Gasteiger partial charge in [-0.25, -0.2) is 0 Å². The quantitative estimate of drug-likeness (QED) is 0.683. The number of nitrogens with zero attached hydrogens (tertiary/aromatic N) is 1. The molecule has 0 spiro atoms. The van der Waals surface area contributed by atoms with Crippen molar-refractivity contribution in [1.82, 2.24) is 4.90 Å². The Hall–Kier alpha value is -1.90. The first kappa shape index (κ1) is 11.2. The first-order chi connectivity index (χ1) is 7.27. The van der Waals surface area contributed by atoms with E-state index >= 15 is 0 Å². The minimum atomic E-state index is -0.222. The second-order valence-electron chi connectivity index (χ2n) is 3.17. The van der Waals surface area contributed by atoms with Crippen LogP contribution in [0.4, 0.5) is 0 Å². The highest BCUT2D eigenvalue weighted by molar-refractivity contribution is 5.70. The molecule has 0 aromatic heterocycles. The molecule has 1 atom stereocenters. The molecular weight excluding hydrogens is 190 g/mol. The predicted molar refractivity (Wildman–Crippen MR) is 58.9 cm³/mol. The van der Waals surface area contributed by atoms with E-state index in [1.807, 2.05) is 36.4 Å². The van der Waals surface area contributed by atoms with Crippen molar-refractivity contribution in [3.63, 3.8) is 0 Å². The predicted octanol–water partition coefficient (Wildman–Crippen LogP) is 1.70. The molecule has 0 heterocycles. The average molecular weight is 203 g/mol. The van der Waals surface area contributed by atoms with Crippen molar-refractivity contribution in [3.8, 4) is 0 Å². The number of hydrogen-bond donors (Lipinski definition) is 0. The van der Waals surface area contributed by atoms with Crippen LogP contribution in [-0.4, -0.2) is 23.8 Å². The summed E-state index contributed by atoms with van der Waals surface area (Å²) >= 11 is 0. The molecule has 1 aromatic rings. The van der Waals surface area contributed by atoms with Crippen LogP contribution in [-0.2, 0) is 9.59 Å². The normalized spacial score (nSPS) is 12.3. The highest BCUT2D eigenvalue weighted by Crippen LogP contribution is 2.03. The Labute approximate surface area is 89.0 Å². The van der Waals surface area contributed by atoms with Crippen molar-refractivity contribution in [2.45, 2.75) is 13.0 Å². The lowest BCUT2D eigenvalue weighted by Crippen LogP contribution is -2.28. The van der Waals surface area contributed by atoms with Gasteiger partial charge in [0.15, 0.2) is 0 Å². The van der Waals surface area contributed by atoms with Gasteiger partial charge in [-0.15, -0.1) is 0 Å². The molecule has 1 unspecified atom stereocenters. The number of amides is 2. The molecule has 0 bridgehead atoms. The number of carbonyl (C=O) groups excluding carboxylic acids is 2. The second kappa shape index (κ2) is 5.75. The van der Waals surface area contributed by atoms with Crippen LogP contribution in [0.2, 0.25) is 0 Å². The van der Waals surface area contributed by atoms with E-state index in [1.54, 1.807) is 13.0 Å². The highest BCUT2D eigenvalue weighted by Gasteiger charge is 2.05. The maximum atomic E-state index is 10.4. The van der Waals surface area contributed by atoms with E-state index < -0.39 is 0 Å². The molecule has 3 heteroatoms. The molecule has 0 saturated carbocycles. The van der Waals surface area contributed by atoms with Gasteiger partial charge in [-0.3, -0.25) is 14.5 Å². The van der Waals surface area contributed by atoms with Crippen LogP contribution in [0.25, 0.3) is 6.08 Å². The van der Waals surface area contributed by atoms with Gasteiger partial charge in [0.1, 0.15) is 0 Å². The standard InChI is InChI=1S/C12H13NO2/c1-11(13(9-14)10-15)7-8-12-5-3-2-4-6-12/h2-11H,1H3/b8-7+. The zero-order valence-corrected chi connectivity index (χ0v) is 8.54. The van der Waals surface area contributed by atoms with E-state index in [2.05, 4.69) is 0 Å². The summed E-state index contributed by atoms with van der Waals surface area (Å²) in [7, 11) is 0. The Kier molecular flexibility index (Phi) is 4.29. The molecule has 0 aliphatic heterocycles. The van der Waals surface area contributed by atoms with Crippen molar-refractivity contribution in [2.24, 2.45) is 0 Å². The van der Waals surface area contributed by atoms with E-state index in [1.165, 1.54) is 0 Å². The van der Waals surface area contributed by atoms with Gasteiger partial charge < -0.3 is 0 Å². The van der Waals surface area contributed by atoms with E-state index in [-0.39, 0.29) is 6.04 Å². The summed E-state index contributed by atoms with van der Waals surface area (Å²) in [5.41, 5.74) is 1.04. The maximum Gasteiger partial charge on any atom is 0.216 e. The number of rotatable bonds is 5. The number of imide groups is 1. The van der Waals surface area contributed by atoms with E-state index in [0.717, 1.165) is 10.5 Å². The SMILES string of the molecule is CC(/C=C/c1ccccc1)N(C=O)C=O.